The summed E-state index contributed by atoms with van der Waals surface area (Å²) in [7, 11) is 0. The van der Waals surface area contributed by atoms with Gasteiger partial charge in [-0.2, -0.15) is 0 Å². The van der Waals surface area contributed by atoms with Gasteiger partial charge in [0, 0.05) is 0 Å². The Labute approximate surface area is 124 Å². The van der Waals surface area contributed by atoms with E-state index in [0.29, 0.717) is 18.6 Å². The van der Waals surface area contributed by atoms with Gasteiger partial charge in [0.15, 0.2) is 6.61 Å². The van der Waals surface area contributed by atoms with Crippen LogP contribution in [0.3, 0.4) is 0 Å². The standard InChI is InChI=1S/C16H21NO4/c1-10-7-11(2)14(12(3)8-10)21-9-13(18)17-16(15(19)20)5-4-6-16/h7-8H,4-6,9H2,1-3H3,(H,17,18)(H,19,20). The number of amides is 1. The summed E-state index contributed by atoms with van der Waals surface area (Å²) in [6.45, 7) is 5.69. The van der Waals surface area contributed by atoms with Crippen molar-refractivity contribution in [2.75, 3.05) is 6.61 Å². The fraction of sp³-hybridized carbons (Fsp3) is 0.500. The number of nitrogens with one attached hydrogen (secondary N) is 1. The highest BCUT2D eigenvalue weighted by Gasteiger charge is 2.45. The zero-order chi connectivity index (χ0) is 15.6. The van der Waals surface area contributed by atoms with E-state index in [2.05, 4.69) is 5.32 Å². The van der Waals surface area contributed by atoms with Crippen LogP contribution in [0.4, 0.5) is 0 Å². The van der Waals surface area contributed by atoms with Gasteiger partial charge in [0.2, 0.25) is 0 Å². The predicted octanol–water partition coefficient (Wildman–Crippen LogP) is 2.11. The van der Waals surface area contributed by atoms with E-state index in [1.165, 1.54) is 0 Å². The van der Waals surface area contributed by atoms with Crippen LogP contribution in [0.2, 0.25) is 0 Å². The number of carbonyl (C=O) groups excluding carboxylic acids is 1. The minimum Gasteiger partial charge on any atom is -0.483 e. The summed E-state index contributed by atoms with van der Waals surface area (Å²) in [5.74, 6) is -0.671. The highest BCUT2D eigenvalue weighted by Crippen LogP contribution is 2.32. The van der Waals surface area contributed by atoms with Crippen LogP contribution in [0.25, 0.3) is 0 Å². The second-order valence-corrected chi connectivity index (χ2v) is 5.81. The molecule has 114 valence electrons. The molecule has 0 heterocycles. The Hall–Kier alpha value is -2.04. The highest BCUT2D eigenvalue weighted by atomic mass is 16.5. The lowest BCUT2D eigenvalue weighted by Crippen LogP contribution is -2.59. The number of ether oxygens (including phenoxy) is 1. The quantitative estimate of drug-likeness (QED) is 0.871. The van der Waals surface area contributed by atoms with E-state index in [-0.39, 0.29) is 6.61 Å². The van der Waals surface area contributed by atoms with Crippen LogP contribution in [-0.4, -0.2) is 29.1 Å². The van der Waals surface area contributed by atoms with Gasteiger partial charge in [0.05, 0.1) is 0 Å². The molecule has 1 fully saturated rings. The fourth-order valence-electron chi connectivity index (χ4n) is 2.76. The molecule has 1 aromatic rings. The van der Waals surface area contributed by atoms with Crippen molar-refractivity contribution in [3.05, 3.63) is 28.8 Å². The molecule has 1 aromatic carbocycles. The number of hydrogen-bond donors (Lipinski definition) is 2. The van der Waals surface area contributed by atoms with Gasteiger partial charge in [-0.25, -0.2) is 4.79 Å². The largest absolute Gasteiger partial charge is 0.483 e. The SMILES string of the molecule is Cc1cc(C)c(OCC(=O)NC2(C(=O)O)CCC2)c(C)c1. The number of benzene rings is 1. The second kappa shape index (κ2) is 5.76. The van der Waals surface area contributed by atoms with E-state index in [1.54, 1.807) is 0 Å². The Morgan fingerprint density at radius 1 is 1.24 bits per heavy atom. The van der Waals surface area contributed by atoms with Gasteiger partial charge < -0.3 is 15.2 Å². The molecule has 1 aliphatic rings. The van der Waals surface area contributed by atoms with E-state index >= 15 is 0 Å². The zero-order valence-corrected chi connectivity index (χ0v) is 12.7. The van der Waals surface area contributed by atoms with Crippen LogP contribution in [0.15, 0.2) is 12.1 Å². The number of rotatable bonds is 5. The van der Waals surface area contributed by atoms with Gasteiger partial charge in [-0.3, -0.25) is 4.79 Å². The molecule has 21 heavy (non-hydrogen) atoms. The van der Waals surface area contributed by atoms with Gasteiger partial charge in [-0.05, 0) is 51.2 Å². The third-order valence-corrected chi connectivity index (χ3v) is 3.95. The first-order chi connectivity index (χ1) is 9.84. The predicted molar refractivity (Wildman–Crippen MR) is 78.5 cm³/mol. The summed E-state index contributed by atoms with van der Waals surface area (Å²) >= 11 is 0. The molecular formula is C16H21NO4. The van der Waals surface area contributed by atoms with Crippen molar-refractivity contribution in [1.29, 1.82) is 0 Å². The molecule has 2 N–H and O–H groups in total. The summed E-state index contributed by atoms with van der Waals surface area (Å²) < 4.78 is 5.57. The number of carbonyl (C=O) groups is 2. The van der Waals surface area contributed by atoms with Crippen molar-refractivity contribution in [1.82, 2.24) is 5.32 Å². The molecule has 0 atom stereocenters. The molecular weight excluding hydrogens is 270 g/mol. The van der Waals surface area contributed by atoms with Crippen LogP contribution in [0.1, 0.15) is 36.0 Å². The molecule has 0 spiro atoms. The third kappa shape index (κ3) is 3.17. The molecule has 5 heteroatoms. The molecule has 2 rings (SSSR count). The Bertz CT molecular complexity index is 553. The van der Waals surface area contributed by atoms with Crippen molar-refractivity contribution in [2.24, 2.45) is 0 Å². The first-order valence-electron chi connectivity index (χ1n) is 7.09. The first kappa shape index (κ1) is 15.4. The van der Waals surface area contributed by atoms with Crippen molar-refractivity contribution in [3.8, 4) is 5.75 Å². The maximum atomic E-state index is 11.9. The van der Waals surface area contributed by atoms with E-state index in [9.17, 15) is 14.7 Å². The maximum absolute atomic E-state index is 11.9. The van der Waals surface area contributed by atoms with Gasteiger partial charge >= 0.3 is 5.97 Å². The Morgan fingerprint density at radius 2 is 1.81 bits per heavy atom. The zero-order valence-electron chi connectivity index (χ0n) is 12.7. The van der Waals surface area contributed by atoms with Crippen LogP contribution >= 0.6 is 0 Å². The number of aliphatic carboxylic acids is 1. The topological polar surface area (TPSA) is 75.6 Å². The minimum atomic E-state index is -1.09. The second-order valence-electron chi connectivity index (χ2n) is 5.81. The minimum absolute atomic E-state index is 0.167. The summed E-state index contributed by atoms with van der Waals surface area (Å²) in [5.41, 5.74) is 1.99. The maximum Gasteiger partial charge on any atom is 0.329 e. The van der Waals surface area contributed by atoms with Gasteiger partial charge in [0.25, 0.3) is 5.91 Å². The van der Waals surface area contributed by atoms with E-state index in [4.69, 9.17) is 4.74 Å². The summed E-state index contributed by atoms with van der Waals surface area (Å²) in [6, 6.07) is 3.98. The summed E-state index contributed by atoms with van der Waals surface area (Å²) in [5, 5.41) is 11.8. The van der Waals surface area contributed by atoms with E-state index in [0.717, 1.165) is 23.1 Å². The lowest BCUT2D eigenvalue weighted by molar-refractivity contribution is -0.152. The Kier molecular flexibility index (Phi) is 4.21. The van der Waals surface area contributed by atoms with Crippen LogP contribution < -0.4 is 10.1 Å². The van der Waals surface area contributed by atoms with Gasteiger partial charge in [-0.1, -0.05) is 17.7 Å². The monoisotopic (exact) mass is 291 g/mol. The van der Waals surface area contributed by atoms with Crippen molar-refractivity contribution in [2.45, 2.75) is 45.6 Å². The first-order valence-corrected chi connectivity index (χ1v) is 7.09. The number of hydrogen-bond acceptors (Lipinski definition) is 3. The third-order valence-electron chi connectivity index (χ3n) is 3.95. The smallest absolute Gasteiger partial charge is 0.329 e. The average molecular weight is 291 g/mol. The van der Waals surface area contributed by atoms with E-state index in [1.807, 2.05) is 32.9 Å². The van der Waals surface area contributed by atoms with Gasteiger partial charge in [0.1, 0.15) is 11.3 Å². The van der Waals surface area contributed by atoms with Crippen LogP contribution in [0, 0.1) is 20.8 Å². The normalized spacial score (nSPS) is 16.0. The molecule has 0 bridgehead atoms. The lowest BCUT2D eigenvalue weighted by atomic mass is 9.77. The molecule has 5 nitrogen and oxygen atoms in total. The molecule has 0 aromatic heterocycles. The molecule has 0 radical (unpaired) electrons. The lowest BCUT2D eigenvalue weighted by Gasteiger charge is -2.38. The number of carboxylic acid groups (broad SMARTS) is 1. The van der Waals surface area contributed by atoms with E-state index < -0.39 is 17.4 Å². The number of carboxylic acids is 1. The summed E-state index contributed by atoms with van der Waals surface area (Å²) in [4.78, 5) is 23.1. The van der Waals surface area contributed by atoms with Crippen LogP contribution in [0.5, 0.6) is 5.75 Å². The average Bonchev–Trinajstić information content (AvgIpc) is 2.31. The molecule has 1 aliphatic carbocycles. The van der Waals surface area contributed by atoms with Crippen LogP contribution in [-0.2, 0) is 9.59 Å². The molecule has 1 saturated carbocycles. The van der Waals surface area contributed by atoms with Gasteiger partial charge in [-0.15, -0.1) is 0 Å². The molecule has 0 saturated heterocycles. The van der Waals surface area contributed by atoms with Crippen molar-refractivity contribution in [3.63, 3.8) is 0 Å². The Balaban J connectivity index is 1.97. The molecule has 0 unspecified atom stereocenters. The molecule has 1 amide bonds. The van der Waals surface area contributed by atoms with Crippen molar-refractivity contribution >= 4 is 11.9 Å². The number of aryl methyl sites for hydroxylation is 3. The molecule has 0 aliphatic heterocycles. The summed E-state index contributed by atoms with van der Waals surface area (Å²) in [6.07, 6.45) is 1.79. The Morgan fingerprint density at radius 3 is 2.24 bits per heavy atom. The fourth-order valence-corrected chi connectivity index (χ4v) is 2.76. The van der Waals surface area contributed by atoms with Crippen molar-refractivity contribution < 1.29 is 19.4 Å². The highest BCUT2D eigenvalue weighted by molar-refractivity contribution is 5.88.